The van der Waals surface area contributed by atoms with Crippen molar-refractivity contribution in [2.24, 2.45) is 11.8 Å². The van der Waals surface area contributed by atoms with Gasteiger partial charge in [-0.1, -0.05) is 23.8 Å². The molecule has 1 aromatic carbocycles. The van der Waals surface area contributed by atoms with Gasteiger partial charge in [-0.05, 0) is 43.7 Å². The molecule has 15 heavy (non-hydrogen) atoms. The molecule has 2 nitrogen and oxygen atoms in total. The van der Waals surface area contributed by atoms with Gasteiger partial charge in [0, 0.05) is 0 Å². The molecular weight excluding hydrogens is 188 g/mol. The Bertz CT molecular complexity index is 396. The van der Waals surface area contributed by atoms with E-state index in [1.54, 1.807) is 0 Å². The van der Waals surface area contributed by atoms with Crippen molar-refractivity contribution < 1.29 is 9.90 Å². The monoisotopic (exact) mass is 204 g/mol. The number of aryl methyl sites for hydroxylation is 2. The maximum absolute atomic E-state index is 10.7. The van der Waals surface area contributed by atoms with Crippen molar-refractivity contribution in [1.82, 2.24) is 0 Å². The molecule has 1 aromatic rings. The first-order valence-corrected chi connectivity index (χ1v) is 5.37. The van der Waals surface area contributed by atoms with Crippen LogP contribution >= 0.6 is 0 Å². The summed E-state index contributed by atoms with van der Waals surface area (Å²) in [7, 11) is 0. The Morgan fingerprint density at radius 1 is 1.47 bits per heavy atom. The van der Waals surface area contributed by atoms with Gasteiger partial charge in [0.25, 0.3) is 0 Å². The lowest BCUT2D eigenvalue weighted by atomic mass is 10.0. The summed E-state index contributed by atoms with van der Waals surface area (Å²) in [6.45, 7) is 4.18. The molecule has 0 spiro atoms. The summed E-state index contributed by atoms with van der Waals surface area (Å²) >= 11 is 0. The zero-order valence-corrected chi connectivity index (χ0v) is 9.16. The van der Waals surface area contributed by atoms with Crippen LogP contribution in [-0.2, 0) is 11.2 Å². The van der Waals surface area contributed by atoms with E-state index in [1.807, 2.05) is 0 Å². The topological polar surface area (TPSA) is 37.3 Å². The number of hydrogen-bond acceptors (Lipinski definition) is 1. The van der Waals surface area contributed by atoms with Gasteiger partial charge in [-0.3, -0.25) is 4.79 Å². The number of rotatable bonds is 3. The minimum Gasteiger partial charge on any atom is -0.481 e. The SMILES string of the molecule is Cc1ccc(CC2CC2C(=O)O)c(C)c1. The van der Waals surface area contributed by atoms with Crippen LogP contribution in [0.15, 0.2) is 18.2 Å². The molecule has 2 rings (SSSR count). The van der Waals surface area contributed by atoms with Crippen LogP contribution < -0.4 is 0 Å². The fourth-order valence-corrected chi connectivity index (χ4v) is 2.13. The lowest BCUT2D eigenvalue weighted by Crippen LogP contribution is -2.02. The van der Waals surface area contributed by atoms with Gasteiger partial charge in [-0.25, -0.2) is 0 Å². The number of benzene rings is 1. The van der Waals surface area contributed by atoms with Crippen LogP contribution in [0.1, 0.15) is 23.1 Å². The van der Waals surface area contributed by atoms with Crippen LogP contribution in [0, 0.1) is 25.7 Å². The summed E-state index contributed by atoms with van der Waals surface area (Å²) in [5, 5.41) is 8.82. The quantitative estimate of drug-likeness (QED) is 0.821. The van der Waals surface area contributed by atoms with Crippen molar-refractivity contribution in [2.45, 2.75) is 26.7 Å². The molecular formula is C13H16O2. The standard InChI is InChI=1S/C13H16O2/c1-8-3-4-10(9(2)5-8)6-11-7-12(11)13(14)15/h3-5,11-12H,6-7H2,1-2H3,(H,14,15). The molecule has 1 aliphatic rings. The van der Waals surface area contributed by atoms with Gasteiger partial charge in [0.2, 0.25) is 0 Å². The van der Waals surface area contributed by atoms with Crippen molar-refractivity contribution in [3.63, 3.8) is 0 Å². The van der Waals surface area contributed by atoms with Crippen molar-refractivity contribution in [1.29, 1.82) is 0 Å². The van der Waals surface area contributed by atoms with Gasteiger partial charge < -0.3 is 5.11 Å². The Labute approximate surface area is 89.9 Å². The Morgan fingerprint density at radius 2 is 2.20 bits per heavy atom. The van der Waals surface area contributed by atoms with E-state index in [2.05, 4.69) is 32.0 Å². The maximum atomic E-state index is 10.7. The van der Waals surface area contributed by atoms with E-state index in [0.29, 0.717) is 5.92 Å². The third kappa shape index (κ3) is 2.20. The Hall–Kier alpha value is -1.31. The average molecular weight is 204 g/mol. The van der Waals surface area contributed by atoms with E-state index < -0.39 is 5.97 Å². The Morgan fingerprint density at radius 3 is 2.73 bits per heavy atom. The Kier molecular flexibility index (Phi) is 2.51. The second kappa shape index (κ2) is 3.69. The van der Waals surface area contributed by atoms with Gasteiger partial charge in [0.1, 0.15) is 0 Å². The zero-order chi connectivity index (χ0) is 11.0. The number of aliphatic carboxylic acids is 1. The largest absolute Gasteiger partial charge is 0.481 e. The van der Waals surface area contributed by atoms with Crippen LogP contribution in [0.5, 0.6) is 0 Å². The van der Waals surface area contributed by atoms with Gasteiger partial charge in [-0.15, -0.1) is 0 Å². The third-order valence-corrected chi connectivity index (χ3v) is 3.22. The number of hydrogen-bond donors (Lipinski definition) is 1. The van der Waals surface area contributed by atoms with E-state index >= 15 is 0 Å². The zero-order valence-electron chi connectivity index (χ0n) is 9.16. The molecule has 1 fully saturated rings. The van der Waals surface area contributed by atoms with Crippen LogP contribution in [0.4, 0.5) is 0 Å². The third-order valence-electron chi connectivity index (χ3n) is 3.22. The fourth-order valence-electron chi connectivity index (χ4n) is 2.13. The molecule has 0 aliphatic heterocycles. The van der Waals surface area contributed by atoms with Crippen LogP contribution in [0.3, 0.4) is 0 Å². The predicted octanol–water partition coefficient (Wildman–Crippen LogP) is 2.57. The summed E-state index contributed by atoms with van der Waals surface area (Å²) in [5.74, 6) is -0.362. The summed E-state index contributed by atoms with van der Waals surface area (Å²) in [6, 6.07) is 6.38. The average Bonchev–Trinajstić information content (AvgIpc) is 2.89. The highest BCUT2D eigenvalue weighted by atomic mass is 16.4. The summed E-state index contributed by atoms with van der Waals surface area (Å²) in [6.07, 6.45) is 1.77. The highest BCUT2D eigenvalue weighted by molar-refractivity contribution is 5.73. The second-order valence-electron chi connectivity index (χ2n) is 4.57. The summed E-state index contributed by atoms with van der Waals surface area (Å²) in [5.41, 5.74) is 3.85. The molecule has 0 radical (unpaired) electrons. The van der Waals surface area contributed by atoms with E-state index in [0.717, 1.165) is 12.8 Å². The van der Waals surface area contributed by atoms with Crippen LogP contribution in [-0.4, -0.2) is 11.1 Å². The molecule has 0 bridgehead atoms. The maximum Gasteiger partial charge on any atom is 0.306 e. The molecule has 2 heteroatoms. The molecule has 0 amide bonds. The lowest BCUT2D eigenvalue weighted by molar-refractivity contribution is -0.138. The molecule has 1 aliphatic carbocycles. The normalized spacial score (nSPS) is 23.9. The van der Waals surface area contributed by atoms with Crippen molar-refractivity contribution in [3.05, 3.63) is 34.9 Å². The van der Waals surface area contributed by atoms with Gasteiger partial charge in [0.05, 0.1) is 5.92 Å². The van der Waals surface area contributed by atoms with Crippen molar-refractivity contribution in [2.75, 3.05) is 0 Å². The Balaban J connectivity index is 2.04. The molecule has 1 saturated carbocycles. The fraction of sp³-hybridized carbons (Fsp3) is 0.462. The van der Waals surface area contributed by atoms with Crippen LogP contribution in [0.2, 0.25) is 0 Å². The molecule has 2 atom stereocenters. The first kappa shape index (κ1) is 10.2. The predicted molar refractivity (Wildman–Crippen MR) is 58.9 cm³/mol. The van der Waals surface area contributed by atoms with E-state index in [1.165, 1.54) is 16.7 Å². The van der Waals surface area contributed by atoms with Gasteiger partial charge in [0.15, 0.2) is 0 Å². The van der Waals surface area contributed by atoms with E-state index in [4.69, 9.17) is 5.11 Å². The summed E-state index contributed by atoms with van der Waals surface area (Å²) < 4.78 is 0. The smallest absolute Gasteiger partial charge is 0.306 e. The first-order chi connectivity index (χ1) is 7.08. The number of carbonyl (C=O) groups is 1. The van der Waals surface area contributed by atoms with E-state index in [-0.39, 0.29) is 5.92 Å². The molecule has 1 N–H and O–H groups in total. The summed E-state index contributed by atoms with van der Waals surface area (Å²) in [4.78, 5) is 10.7. The second-order valence-corrected chi connectivity index (χ2v) is 4.57. The minimum atomic E-state index is -0.634. The van der Waals surface area contributed by atoms with Crippen molar-refractivity contribution in [3.8, 4) is 0 Å². The highest BCUT2D eigenvalue weighted by Crippen LogP contribution is 2.41. The molecule has 0 heterocycles. The number of carboxylic acids is 1. The molecule has 2 unspecified atom stereocenters. The lowest BCUT2D eigenvalue weighted by Gasteiger charge is -2.05. The molecule has 0 saturated heterocycles. The molecule has 80 valence electrons. The van der Waals surface area contributed by atoms with Gasteiger partial charge in [-0.2, -0.15) is 0 Å². The van der Waals surface area contributed by atoms with Gasteiger partial charge >= 0.3 is 5.97 Å². The number of carboxylic acid groups (broad SMARTS) is 1. The first-order valence-electron chi connectivity index (χ1n) is 5.37. The van der Waals surface area contributed by atoms with E-state index in [9.17, 15) is 4.79 Å². The highest BCUT2D eigenvalue weighted by Gasteiger charge is 2.42. The minimum absolute atomic E-state index is 0.0919. The van der Waals surface area contributed by atoms with Crippen LogP contribution in [0.25, 0.3) is 0 Å². The van der Waals surface area contributed by atoms with Crippen molar-refractivity contribution >= 4 is 5.97 Å². The molecule has 0 aromatic heterocycles.